The molecule has 1 aliphatic heterocycles. The number of allylic oxidation sites excluding steroid dienone is 3. The fourth-order valence-electron chi connectivity index (χ4n) is 2.12. The van der Waals surface area contributed by atoms with Gasteiger partial charge in [0.15, 0.2) is 6.61 Å². The summed E-state index contributed by atoms with van der Waals surface area (Å²) >= 11 is 1.60. The number of ether oxygens (including phenoxy) is 2. The van der Waals surface area contributed by atoms with Crippen LogP contribution in [0, 0.1) is 0 Å². The second kappa shape index (κ2) is 9.17. The first-order valence-corrected chi connectivity index (χ1v) is 8.34. The lowest BCUT2D eigenvalue weighted by Gasteiger charge is -2.25. The number of carbonyl (C=O) groups excluding carboxylic acids is 1. The van der Waals surface area contributed by atoms with Crippen LogP contribution < -0.4 is 5.32 Å². The second-order valence-electron chi connectivity index (χ2n) is 4.97. The van der Waals surface area contributed by atoms with E-state index in [1.54, 1.807) is 11.3 Å². The van der Waals surface area contributed by atoms with Crippen molar-refractivity contribution in [2.24, 2.45) is 0 Å². The maximum absolute atomic E-state index is 11.2. The van der Waals surface area contributed by atoms with Crippen molar-refractivity contribution in [3.8, 4) is 0 Å². The predicted molar refractivity (Wildman–Crippen MR) is 93.0 cm³/mol. The molecule has 0 atom stereocenters. The van der Waals surface area contributed by atoms with E-state index in [0.29, 0.717) is 5.76 Å². The van der Waals surface area contributed by atoms with Gasteiger partial charge in [-0.1, -0.05) is 12.6 Å². The number of methoxy groups -OCH3 is 1. The van der Waals surface area contributed by atoms with E-state index in [2.05, 4.69) is 27.7 Å². The van der Waals surface area contributed by atoms with Crippen LogP contribution in [0.15, 0.2) is 48.2 Å². The lowest BCUT2D eigenvalue weighted by molar-refractivity contribution is -0.144. The Morgan fingerprint density at radius 3 is 2.91 bits per heavy atom. The number of esters is 1. The van der Waals surface area contributed by atoms with Crippen molar-refractivity contribution in [1.82, 2.24) is 10.2 Å². The molecule has 0 unspecified atom stereocenters. The van der Waals surface area contributed by atoms with E-state index in [9.17, 15) is 4.79 Å². The standard InChI is InChI=1S/C17H22N2O3S/c1-14(22-13-17(20)21-2)15(16-6-4-12-23-16)5-3-9-19-10-7-18-8-11-19/h3-6,9,12,18H,1,7-8,10-11,13H2,2H3/b9-3+,15-5+. The SMILES string of the molecule is C=C(OCC(=O)OC)/C(=C\C=C\N1CCNCC1)c1cccs1. The van der Waals surface area contributed by atoms with Crippen molar-refractivity contribution in [2.45, 2.75) is 0 Å². The third-order valence-electron chi connectivity index (χ3n) is 3.39. The molecular formula is C17H22N2O3S. The van der Waals surface area contributed by atoms with Crippen LogP contribution >= 0.6 is 11.3 Å². The minimum absolute atomic E-state index is 0.139. The fraction of sp³-hybridized carbons (Fsp3) is 0.353. The van der Waals surface area contributed by atoms with E-state index in [4.69, 9.17) is 4.74 Å². The van der Waals surface area contributed by atoms with Crippen LogP contribution in [0.25, 0.3) is 5.57 Å². The molecule has 0 saturated carbocycles. The summed E-state index contributed by atoms with van der Waals surface area (Å²) in [6.45, 7) is 7.79. The molecule has 23 heavy (non-hydrogen) atoms. The van der Waals surface area contributed by atoms with Crippen molar-refractivity contribution < 1.29 is 14.3 Å². The summed E-state index contributed by atoms with van der Waals surface area (Å²) in [6, 6.07) is 3.98. The molecule has 0 aliphatic carbocycles. The van der Waals surface area contributed by atoms with Crippen LogP contribution in [0.5, 0.6) is 0 Å². The van der Waals surface area contributed by atoms with Gasteiger partial charge in [0.25, 0.3) is 0 Å². The fourth-order valence-corrected chi connectivity index (χ4v) is 2.89. The topological polar surface area (TPSA) is 50.8 Å². The highest BCUT2D eigenvalue weighted by Gasteiger charge is 2.10. The number of nitrogens with zero attached hydrogens (tertiary/aromatic N) is 1. The largest absolute Gasteiger partial charge is 0.482 e. The van der Waals surface area contributed by atoms with Crippen LogP contribution in [-0.2, 0) is 14.3 Å². The van der Waals surface area contributed by atoms with Gasteiger partial charge >= 0.3 is 5.97 Å². The first kappa shape index (κ1) is 17.3. The molecule has 5 nitrogen and oxygen atoms in total. The monoisotopic (exact) mass is 334 g/mol. The Morgan fingerprint density at radius 1 is 1.48 bits per heavy atom. The normalized spacial score (nSPS) is 15.7. The van der Waals surface area contributed by atoms with Gasteiger partial charge in [0.2, 0.25) is 0 Å². The molecule has 6 heteroatoms. The Bertz CT molecular complexity index is 573. The number of hydrogen-bond donors (Lipinski definition) is 1. The predicted octanol–water partition coefficient (Wildman–Crippen LogP) is 2.25. The van der Waals surface area contributed by atoms with Crippen molar-refractivity contribution in [3.05, 3.63) is 53.1 Å². The third-order valence-corrected chi connectivity index (χ3v) is 4.29. The highest BCUT2D eigenvalue weighted by molar-refractivity contribution is 7.11. The average molecular weight is 334 g/mol. The zero-order valence-corrected chi connectivity index (χ0v) is 14.1. The van der Waals surface area contributed by atoms with Gasteiger partial charge in [-0.25, -0.2) is 4.79 Å². The number of hydrogen-bond acceptors (Lipinski definition) is 6. The van der Waals surface area contributed by atoms with Crippen LogP contribution in [0.3, 0.4) is 0 Å². The molecule has 1 fully saturated rings. The maximum atomic E-state index is 11.2. The molecule has 0 aromatic carbocycles. The molecule has 2 heterocycles. The number of carbonyl (C=O) groups is 1. The van der Waals surface area contributed by atoms with Crippen LogP contribution in [0.2, 0.25) is 0 Å². The van der Waals surface area contributed by atoms with Crippen LogP contribution in [0.1, 0.15) is 4.88 Å². The molecule has 0 spiro atoms. The number of thiophene rings is 1. The average Bonchev–Trinajstić information content (AvgIpc) is 3.11. The maximum Gasteiger partial charge on any atom is 0.343 e. The zero-order chi connectivity index (χ0) is 16.5. The van der Waals surface area contributed by atoms with Gasteiger partial charge in [0.05, 0.1) is 7.11 Å². The Hall–Kier alpha value is -2.05. The summed E-state index contributed by atoms with van der Waals surface area (Å²) in [5.41, 5.74) is 0.871. The van der Waals surface area contributed by atoms with E-state index >= 15 is 0 Å². The van der Waals surface area contributed by atoms with Gasteiger partial charge in [-0.15, -0.1) is 11.3 Å². The van der Waals surface area contributed by atoms with Crippen molar-refractivity contribution >= 4 is 22.9 Å². The van der Waals surface area contributed by atoms with Crippen LogP contribution in [0.4, 0.5) is 0 Å². The first-order valence-electron chi connectivity index (χ1n) is 7.46. The van der Waals surface area contributed by atoms with Gasteiger partial charge in [-0.2, -0.15) is 0 Å². The van der Waals surface area contributed by atoms with Gasteiger partial charge in [0.1, 0.15) is 5.76 Å². The van der Waals surface area contributed by atoms with Crippen LogP contribution in [-0.4, -0.2) is 50.8 Å². The zero-order valence-electron chi connectivity index (χ0n) is 13.3. The minimum atomic E-state index is -0.423. The molecule has 1 aromatic heterocycles. The molecule has 1 aromatic rings. The molecule has 0 amide bonds. The Kier molecular flexibility index (Phi) is 6.90. The number of nitrogens with one attached hydrogen (secondary N) is 1. The Balaban J connectivity index is 2.04. The molecule has 2 rings (SSSR count). The van der Waals surface area contributed by atoms with E-state index in [-0.39, 0.29) is 6.61 Å². The summed E-state index contributed by atoms with van der Waals surface area (Å²) < 4.78 is 10.0. The van der Waals surface area contributed by atoms with Crippen molar-refractivity contribution in [3.63, 3.8) is 0 Å². The lowest BCUT2D eigenvalue weighted by Crippen LogP contribution is -2.40. The summed E-state index contributed by atoms with van der Waals surface area (Å²) in [6.07, 6.45) is 6.03. The number of rotatable bonds is 7. The van der Waals surface area contributed by atoms with E-state index in [0.717, 1.165) is 36.6 Å². The quantitative estimate of drug-likeness (QED) is 0.471. The minimum Gasteiger partial charge on any atom is -0.482 e. The highest BCUT2D eigenvalue weighted by Crippen LogP contribution is 2.27. The molecule has 1 saturated heterocycles. The summed E-state index contributed by atoms with van der Waals surface area (Å²) in [5.74, 6) is 0.0378. The second-order valence-corrected chi connectivity index (χ2v) is 5.92. The van der Waals surface area contributed by atoms with Crippen molar-refractivity contribution in [1.29, 1.82) is 0 Å². The van der Waals surface area contributed by atoms with Gasteiger partial charge in [-0.05, 0) is 29.8 Å². The third kappa shape index (κ3) is 5.58. The molecule has 1 N–H and O–H groups in total. The Morgan fingerprint density at radius 2 is 2.26 bits per heavy atom. The number of piperazine rings is 1. The summed E-state index contributed by atoms with van der Waals surface area (Å²) in [7, 11) is 1.33. The molecule has 0 bridgehead atoms. The van der Waals surface area contributed by atoms with E-state index in [1.165, 1.54) is 7.11 Å². The summed E-state index contributed by atoms with van der Waals surface area (Å²) in [5, 5.41) is 5.32. The first-order chi connectivity index (χ1) is 11.2. The molecule has 124 valence electrons. The van der Waals surface area contributed by atoms with E-state index < -0.39 is 5.97 Å². The van der Waals surface area contributed by atoms with Crippen molar-refractivity contribution in [2.75, 3.05) is 39.9 Å². The Labute approximate surface area is 140 Å². The summed E-state index contributed by atoms with van der Waals surface area (Å²) in [4.78, 5) is 14.5. The van der Waals surface area contributed by atoms with Gasteiger partial charge in [-0.3, -0.25) is 0 Å². The molecular weight excluding hydrogens is 312 g/mol. The molecule has 0 radical (unpaired) electrons. The van der Waals surface area contributed by atoms with E-state index in [1.807, 2.05) is 29.7 Å². The van der Waals surface area contributed by atoms with Gasteiger partial charge < -0.3 is 19.7 Å². The lowest BCUT2D eigenvalue weighted by atomic mass is 10.1. The molecule has 1 aliphatic rings. The smallest absolute Gasteiger partial charge is 0.343 e. The highest BCUT2D eigenvalue weighted by atomic mass is 32.1. The van der Waals surface area contributed by atoms with Gasteiger partial charge in [0, 0.05) is 36.6 Å².